The van der Waals surface area contributed by atoms with Crippen LogP contribution in [0.1, 0.15) is 32.6 Å². The minimum Gasteiger partial charge on any atom is -0.387 e. The van der Waals surface area contributed by atoms with Crippen LogP contribution in [0.3, 0.4) is 0 Å². The smallest absolute Gasteiger partial charge is 0.0900 e. The van der Waals surface area contributed by atoms with Gasteiger partial charge >= 0.3 is 0 Å². The first-order chi connectivity index (χ1) is 6.20. The molecule has 1 fully saturated rings. The summed E-state index contributed by atoms with van der Waals surface area (Å²) in [6.45, 7) is 8.67. The van der Waals surface area contributed by atoms with Gasteiger partial charge in [-0.25, -0.2) is 0 Å². The summed E-state index contributed by atoms with van der Waals surface area (Å²) in [6.07, 6.45) is 6.24. The van der Waals surface area contributed by atoms with Gasteiger partial charge in [0.25, 0.3) is 0 Å². The number of rotatable bonds is 6. The van der Waals surface area contributed by atoms with E-state index in [1.54, 1.807) is 0 Å². The Morgan fingerprint density at radius 3 is 2.77 bits per heavy atom. The molecular weight excluding hydrogens is 162 g/mol. The fraction of sp³-hybridized carbons (Fsp3) is 0.818. The lowest BCUT2D eigenvalue weighted by atomic mass is 9.89. The van der Waals surface area contributed by atoms with Crippen LogP contribution in [0, 0.1) is 0 Å². The molecule has 1 aliphatic heterocycles. The van der Waals surface area contributed by atoms with E-state index in [2.05, 4.69) is 18.4 Å². The minimum atomic E-state index is -0.358. The summed E-state index contributed by atoms with van der Waals surface area (Å²) in [4.78, 5) is 2.32. The quantitative estimate of drug-likeness (QED) is 0.501. The molecule has 0 radical (unpaired) electrons. The molecule has 0 aliphatic carbocycles. The van der Waals surface area contributed by atoms with Crippen molar-refractivity contribution < 1.29 is 5.11 Å². The van der Waals surface area contributed by atoms with Crippen molar-refractivity contribution >= 4 is 0 Å². The molecule has 2 nitrogen and oxygen atoms in total. The normalized spacial score (nSPS) is 21.1. The SMILES string of the molecule is C=CCCCN1CC(O)(CCC)C1. The van der Waals surface area contributed by atoms with E-state index in [9.17, 15) is 5.11 Å². The van der Waals surface area contributed by atoms with E-state index in [1.807, 2.05) is 6.08 Å². The molecule has 13 heavy (non-hydrogen) atoms. The van der Waals surface area contributed by atoms with E-state index in [0.29, 0.717) is 0 Å². The van der Waals surface area contributed by atoms with Crippen molar-refractivity contribution in [2.75, 3.05) is 19.6 Å². The molecule has 0 saturated carbocycles. The van der Waals surface area contributed by atoms with Gasteiger partial charge in [0, 0.05) is 13.1 Å². The highest BCUT2D eigenvalue weighted by Gasteiger charge is 2.39. The molecule has 2 heteroatoms. The number of nitrogens with zero attached hydrogens (tertiary/aromatic N) is 1. The number of likely N-dealkylation sites (tertiary alicyclic amines) is 1. The number of aliphatic hydroxyl groups is 1. The molecule has 0 spiro atoms. The highest BCUT2D eigenvalue weighted by atomic mass is 16.3. The average Bonchev–Trinajstić information content (AvgIpc) is 2.02. The van der Waals surface area contributed by atoms with Gasteiger partial charge < -0.3 is 5.11 Å². The second-order valence-corrected chi connectivity index (χ2v) is 4.12. The van der Waals surface area contributed by atoms with Gasteiger partial charge in [0.15, 0.2) is 0 Å². The van der Waals surface area contributed by atoms with Gasteiger partial charge in [-0.05, 0) is 25.8 Å². The second-order valence-electron chi connectivity index (χ2n) is 4.12. The van der Waals surface area contributed by atoms with Crippen molar-refractivity contribution in [1.82, 2.24) is 4.90 Å². The van der Waals surface area contributed by atoms with Crippen molar-refractivity contribution in [3.05, 3.63) is 12.7 Å². The van der Waals surface area contributed by atoms with Crippen LogP contribution < -0.4 is 0 Å². The topological polar surface area (TPSA) is 23.5 Å². The molecule has 0 aromatic heterocycles. The Balaban J connectivity index is 2.06. The van der Waals surface area contributed by atoms with Crippen LogP contribution in [-0.4, -0.2) is 35.2 Å². The zero-order valence-corrected chi connectivity index (χ0v) is 8.63. The van der Waals surface area contributed by atoms with Gasteiger partial charge in [-0.2, -0.15) is 0 Å². The predicted octanol–water partition coefficient (Wildman–Crippen LogP) is 1.80. The van der Waals surface area contributed by atoms with E-state index in [-0.39, 0.29) is 5.60 Å². The van der Waals surface area contributed by atoms with Gasteiger partial charge in [-0.3, -0.25) is 4.90 Å². The van der Waals surface area contributed by atoms with Crippen LogP contribution in [0.5, 0.6) is 0 Å². The largest absolute Gasteiger partial charge is 0.387 e. The molecule has 0 bridgehead atoms. The zero-order chi connectivity index (χ0) is 9.73. The first-order valence-corrected chi connectivity index (χ1v) is 5.26. The number of hydrogen-bond donors (Lipinski definition) is 1. The average molecular weight is 183 g/mol. The summed E-state index contributed by atoms with van der Waals surface area (Å²) >= 11 is 0. The van der Waals surface area contributed by atoms with Crippen LogP contribution in [0.25, 0.3) is 0 Å². The Kier molecular flexibility index (Phi) is 3.94. The molecule has 1 saturated heterocycles. The van der Waals surface area contributed by atoms with Gasteiger partial charge in [0.2, 0.25) is 0 Å². The summed E-state index contributed by atoms with van der Waals surface area (Å²) in [6, 6.07) is 0. The summed E-state index contributed by atoms with van der Waals surface area (Å²) in [5, 5.41) is 9.88. The molecule has 1 aliphatic rings. The first kappa shape index (κ1) is 10.7. The van der Waals surface area contributed by atoms with Crippen LogP contribution in [-0.2, 0) is 0 Å². The Labute approximate surface area is 81.2 Å². The van der Waals surface area contributed by atoms with Crippen molar-refractivity contribution in [3.8, 4) is 0 Å². The lowest BCUT2D eigenvalue weighted by Crippen LogP contribution is -2.61. The monoisotopic (exact) mass is 183 g/mol. The summed E-state index contributed by atoms with van der Waals surface area (Å²) in [5.41, 5.74) is -0.358. The molecule has 1 rings (SSSR count). The molecule has 0 aromatic carbocycles. The molecule has 0 aromatic rings. The van der Waals surface area contributed by atoms with Crippen LogP contribution >= 0.6 is 0 Å². The van der Waals surface area contributed by atoms with Crippen LogP contribution in [0.15, 0.2) is 12.7 Å². The molecule has 1 N–H and O–H groups in total. The number of allylic oxidation sites excluding steroid dienone is 1. The molecule has 0 unspecified atom stereocenters. The molecular formula is C11H21NO. The zero-order valence-electron chi connectivity index (χ0n) is 8.63. The summed E-state index contributed by atoms with van der Waals surface area (Å²) in [7, 11) is 0. The predicted molar refractivity (Wildman–Crippen MR) is 55.7 cm³/mol. The molecule has 1 heterocycles. The van der Waals surface area contributed by atoms with Crippen molar-refractivity contribution in [1.29, 1.82) is 0 Å². The summed E-state index contributed by atoms with van der Waals surface area (Å²) < 4.78 is 0. The van der Waals surface area contributed by atoms with Gasteiger partial charge in [-0.15, -0.1) is 6.58 Å². The van der Waals surface area contributed by atoms with Crippen LogP contribution in [0.4, 0.5) is 0 Å². The number of hydrogen-bond acceptors (Lipinski definition) is 2. The highest BCUT2D eigenvalue weighted by Crippen LogP contribution is 2.25. The maximum absolute atomic E-state index is 9.88. The Morgan fingerprint density at radius 1 is 1.54 bits per heavy atom. The minimum absolute atomic E-state index is 0.358. The maximum atomic E-state index is 9.88. The van der Waals surface area contributed by atoms with Gasteiger partial charge in [0.1, 0.15) is 0 Å². The standard InChI is InChI=1S/C11H21NO/c1-3-5-6-8-12-9-11(13,10-12)7-4-2/h3,13H,1,4-10H2,2H3. The third kappa shape index (κ3) is 3.12. The lowest BCUT2D eigenvalue weighted by Gasteiger charge is -2.46. The lowest BCUT2D eigenvalue weighted by molar-refractivity contribution is -0.103. The van der Waals surface area contributed by atoms with Gasteiger partial charge in [0.05, 0.1) is 5.60 Å². The van der Waals surface area contributed by atoms with Crippen molar-refractivity contribution in [2.24, 2.45) is 0 Å². The van der Waals surface area contributed by atoms with E-state index in [0.717, 1.165) is 38.9 Å². The van der Waals surface area contributed by atoms with Crippen LogP contribution in [0.2, 0.25) is 0 Å². The third-order valence-electron chi connectivity index (χ3n) is 2.63. The van der Waals surface area contributed by atoms with Gasteiger partial charge in [-0.1, -0.05) is 19.4 Å². The van der Waals surface area contributed by atoms with E-state index in [1.165, 1.54) is 6.42 Å². The first-order valence-electron chi connectivity index (χ1n) is 5.26. The fourth-order valence-electron chi connectivity index (χ4n) is 2.03. The third-order valence-corrected chi connectivity index (χ3v) is 2.63. The number of β-amino-alcohol motifs (C(OH)–C–C–N with tert-alkyl or cyclic N) is 1. The van der Waals surface area contributed by atoms with Crippen molar-refractivity contribution in [2.45, 2.75) is 38.2 Å². The van der Waals surface area contributed by atoms with E-state index < -0.39 is 0 Å². The van der Waals surface area contributed by atoms with E-state index in [4.69, 9.17) is 0 Å². The molecule has 76 valence electrons. The Bertz CT molecular complexity index is 161. The molecule has 0 atom stereocenters. The second kappa shape index (κ2) is 4.77. The number of unbranched alkanes of at least 4 members (excludes halogenated alkanes) is 1. The highest BCUT2D eigenvalue weighted by molar-refractivity contribution is 4.94. The fourth-order valence-corrected chi connectivity index (χ4v) is 2.03. The molecule has 0 amide bonds. The van der Waals surface area contributed by atoms with Crippen molar-refractivity contribution in [3.63, 3.8) is 0 Å². The Hall–Kier alpha value is -0.340. The summed E-state index contributed by atoms with van der Waals surface area (Å²) in [5.74, 6) is 0. The maximum Gasteiger partial charge on any atom is 0.0900 e. The van der Waals surface area contributed by atoms with E-state index >= 15 is 0 Å². The Morgan fingerprint density at radius 2 is 2.23 bits per heavy atom.